The minimum Gasteiger partial charge on any atom is -0.279 e. The van der Waals surface area contributed by atoms with E-state index in [-0.39, 0.29) is 0 Å². The zero-order valence-electron chi connectivity index (χ0n) is 10.5. The van der Waals surface area contributed by atoms with Crippen molar-refractivity contribution in [1.82, 2.24) is 0 Å². The Morgan fingerprint density at radius 2 is 1.89 bits per heavy atom. The Labute approximate surface area is 118 Å². The van der Waals surface area contributed by atoms with Crippen LogP contribution in [0.4, 0.5) is 5.69 Å². The second-order valence-corrected chi connectivity index (χ2v) is 5.64. The Balaban J connectivity index is 1.98. The van der Waals surface area contributed by atoms with E-state index >= 15 is 0 Å². The van der Waals surface area contributed by atoms with Crippen molar-refractivity contribution in [2.75, 3.05) is 5.43 Å². The standard InChI is InChI=1S/C14H18Cl2N2/c1-10(11-5-3-2-4-6-11)17-18-12-7-8-13(15)14(16)9-12/h7-9,11,18H,2-6H2,1H3. The Morgan fingerprint density at radius 3 is 2.56 bits per heavy atom. The van der Waals surface area contributed by atoms with Crippen molar-refractivity contribution in [1.29, 1.82) is 0 Å². The van der Waals surface area contributed by atoms with Gasteiger partial charge in [-0.05, 0) is 43.9 Å². The highest BCUT2D eigenvalue weighted by molar-refractivity contribution is 6.42. The first kappa shape index (κ1) is 13.7. The number of nitrogens with one attached hydrogen (secondary N) is 1. The maximum absolute atomic E-state index is 5.96. The van der Waals surface area contributed by atoms with Gasteiger partial charge in [-0.2, -0.15) is 5.10 Å². The smallest absolute Gasteiger partial charge is 0.0613 e. The molecule has 0 aromatic heterocycles. The van der Waals surface area contributed by atoms with Gasteiger partial charge in [-0.15, -0.1) is 0 Å². The molecule has 1 fully saturated rings. The fraction of sp³-hybridized carbons (Fsp3) is 0.500. The molecule has 0 heterocycles. The Kier molecular flexibility index (Phi) is 4.90. The van der Waals surface area contributed by atoms with E-state index in [4.69, 9.17) is 23.2 Å². The average Bonchev–Trinajstić information content (AvgIpc) is 2.41. The molecule has 98 valence electrons. The first-order chi connectivity index (χ1) is 8.66. The third kappa shape index (κ3) is 3.63. The van der Waals surface area contributed by atoms with E-state index in [1.165, 1.54) is 37.8 Å². The Hall–Kier alpha value is -0.730. The predicted molar refractivity (Wildman–Crippen MR) is 79.8 cm³/mol. The molecule has 0 spiro atoms. The summed E-state index contributed by atoms with van der Waals surface area (Å²) in [6, 6.07) is 5.45. The molecule has 1 N–H and O–H groups in total. The van der Waals surface area contributed by atoms with Gasteiger partial charge < -0.3 is 0 Å². The van der Waals surface area contributed by atoms with Gasteiger partial charge in [-0.1, -0.05) is 42.5 Å². The van der Waals surface area contributed by atoms with E-state index in [2.05, 4.69) is 17.5 Å². The molecule has 0 amide bonds. The normalized spacial score (nSPS) is 17.8. The van der Waals surface area contributed by atoms with Crippen LogP contribution in [0.1, 0.15) is 39.0 Å². The lowest BCUT2D eigenvalue weighted by Gasteiger charge is -2.21. The van der Waals surface area contributed by atoms with Gasteiger partial charge in [-0.3, -0.25) is 5.43 Å². The molecule has 1 aliphatic carbocycles. The third-order valence-corrected chi connectivity index (χ3v) is 4.22. The average molecular weight is 285 g/mol. The monoisotopic (exact) mass is 284 g/mol. The summed E-state index contributed by atoms with van der Waals surface area (Å²) in [5.74, 6) is 0.633. The molecule has 2 nitrogen and oxygen atoms in total. The van der Waals surface area contributed by atoms with Gasteiger partial charge in [0.05, 0.1) is 15.7 Å². The van der Waals surface area contributed by atoms with Crippen LogP contribution in [0.15, 0.2) is 23.3 Å². The van der Waals surface area contributed by atoms with Crippen LogP contribution in [0, 0.1) is 5.92 Å². The number of hydrogen-bond donors (Lipinski definition) is 1. The fourth-order valence-electron chi connectivity index (χ4n) is 2.33. The number of hydrazone groups is 1. The van der Waals surface area contributed by atoms with Crippen molar-refractivity contribution in [3.8, 4) is 0 Å². The number of halogens is 2. The van der Waals surface area contributed by atoms with E-state index in [1.807, 2.05) is 6.07 Å². The van der Waals surface area contributed by atoms with Crippen molar-refractivity contribution in [2.45, 2.75) is 39.0 Å². The van der Waals surface area contributed by atoms with Crippen molar-refractivity contribution >= 4 is 34.6 Å². The first-order valence-electron chi connectivity index (χ1n) is 6.42. The second kappa shape index (κ2) is 6.44. The quantitative estimate of drug-likeness (QED) is 0.586. The zero-order valence-corrected chi connectivity index (χ0v) is 12.1. The summed E-state index contributed by atoms with van der Waals surface area (Å²) >= 11 is 11.8. The van der Waals surface area contributed by atoms with Crippen molar-refractivity contribution in [2.24, 2.45) is 11.0 Å². The highest BCUT2D eigenvalue weighted by Gasteiger charge is 2.15. The highest BCUT2D eigenvalue weighted by Crippen LogP contribution is 2.26. The molecule has 1 aromatic rings. The summed E-state index contributed by atoms with van der Waals surface area (Å²) in [6.07, 6.45) is 6.54. The minimum atomic E-state index is 0.548. The number of nitrogens with zero attached hydrogens (tertiary/aromatic N) is 1. The Morgan fingerprint density at radius 1 is 1.17 bits per heavy atom. The Bertz CT molecular complexity index is 437. The molecule has 0 bridgehead atoms. The molecule has 1 aromatic carbocycles. The van der Waals surface area contributed by atoms with Gasteiger partial charge in [0.2, 0.25) is 0 Å². The summed E-state index contributed by atoms with van der Waals surface area (Å²) in [5.41, 5.74) is 5.11. The van der Waals surface area contributed by atoms with Crippen LogP contribution in [0.25, 0.3) is 0 Å². The van der Waals surface area contributed by atoms with Crippen LogP contribution in [-0.2, 0) is 0 Å². The molecular formula is C14H18Cl2N2. The van der Waals surface area contributed by atoms with Crippen LogP contribution < -0.4 is 5.43 Å². The van der Waals surface area contributed by atoms with Crippen molar-refractivity contribution in [3.05, 3.63) is 28.2 Å². The summed E-state index contributed by atoms with van der Waals surface area (Å²) in [4.78, 5) is 0. The van der Waals surface area contributed by atoms with Gasteiger partial charge >= 0.3 is 0 Å². The maximum Gasteiger partial charge on any atom is 0.0613 e. The summed E-state index contributed by atoms with van der Waals surface area (Å²) in [5, 5.41) is 5.57. The zero-order chi connectivity index (χ0) is 13.0. The molecule has 18 heavy (non-hydrogen) atoms. The van der Waals surface area contributed by atoms with Crippen molar-refractivity contribution in [3.63, 3.8) is 0 Å². The SMILES string of the molecule is CC(=NNc1ccc(Cl)c(Cl)c1)C1CCCCC1. The maximum atomic E-state index is 5.96. The third-order valence-electron chi connectivity index (χ3n) is 3.48. The van der Waals surface area contributed by atoms with E-state index in [0.717, 1.165) is 5.69 Å². The topological polar surface area (TPSA) is 24.4 Å². The molecule has 0 atom stereocenters. The van der Waals surface area contributed by atoms with E-state index in [1.54, 1.807) is 12.1 Å². The van der Waals surface area contributed by atoms with Gasteiger partial charge in [0, 0.05) is 5.71 Å². The second-order valence-electron chi connectivity index (χ2n) is 4.83. The molecule has 4 heteroatoms. The van der Waals surface area contributed by atoms with E-state index in [0.29, 0.717) is 16.0 Å². The highest BCUT2D eigenvalue weighted by atomic mass is 35.5. The molecular weight excluding hydrogens is 267 g/mol. The van der Waals surface area contributed by atoms with E-state index in [9.17, 15) is 0 Å². The largest absolute Gasteiger partial charge is 0.279 e. The molecule has 0 saturated heterocycles. The van der Waals surface area contributed by atoms with Gasteiger partial charge in [-0.25, -0.2) is 0 Å². The number of rotatable bonds is 3. The molecule has 0 unspecified atom stereocenters. The van der Waals surface area contributed by atoms with Gasteiger partial charge in [0.15, 0.2) is 0 Å². The molecule has 2 rings (SSSR count). The van der Waals surface area contributed by atoms with E-state index < -0.39 is 0 Å². The lowest BCUT2D eigenvalue weighted by atomic mass is 9.86. The molecule has 0 aliphatic heterocycles. The summed E-state index contributed by atoms with van der Waals surface area (Å²) in [6.45, 7) is 2.10. The van der Waals surface area contributed by atoms with Gasteiger partial charge in [0.1, 0.15) is 0 Å². The number of anilines is 1. The minimum absolute atomic E-state index is 0.548. The van der Waals surface area contributed by atoms with Crippen LogP contribution >= 0.6 is 23.2 Å². The lowest BCUT2D eigenvalue weighted by molar-refractivity contribution is 0.438. The number of hydrogen-bond acceptors (Lipinski definition) is 2. The van der Waals surface area contributed by atoms with Crippen LogP contribution in [0.3, 0.4) is 0 Å². The molecule has 1 saturated carbocycles. The van der Waals surface area contributed by atoms with Gasteiger partial charge in [0.25, 0.3) is 0 Å². The lowest BCUT2D eigenvalue weighted by Crippen LogP contribution is -2.16. The van der Waals surface area contributed by atoms with Crippen molar-refractivity contribution < 1.29 is 0 Å². The molecule has 1 aliphatic rings. The van der Waals surface area contributed by atoms with Crippen LogP contribution in [0.5, 0.6) is 0 Å². The summed E-state index contributed by atoms with van der Waals surface area (Å²) in [7, 11) is 0. The predicted octanol–water partition coefficient (Wildman–Crippen LogP) is 5.36. The van der Waals surface area contributed by atoms with Crippen LogP contribution in [-0.4, -0.2) is 5.71 Å². The summed E-state index contributed by atoms with van der Waals surface area (Å²) < 4.78 is 0. The fourth-order valence-corrected chi connectivity index (χ4v) is 2.63. The van der Waals surface area contributed by atoms with Crippen LogP contribution in [0.2, 0.25) is 10.0 Å². The number of benzene rings is 1. The molecule has 0 radical (unpaired) electrons. The first-order valence-corrected chi connectivity index (χ1v) is 7.17.